The lowest BCUT2D eigenvalue weighted by Gasteiger charge is -2.08. The maximum atomic E-state index is 4.44. The molecule has 6 nitrogen and oxygen atoms in total. The molecule has 0 spiro atoms. The lowest BCUT2D eigenvalue weighted by atomic mass is 10.1. The number of nitrogens with one attached hydrogen (secondary N) is 3. The van der Waals surface area contributed by atoms with Crippen LogP contribution in [0.5, 0.6) is 0 Å². The highest BCUT2D eigenvalue weighted by Gasteiger charge is 2.08. The number of aryl methyl sites for hydroxylation is 1. The molecule has 0 fully saturated rings. The van der Waals surface area contributed by atoms with Crippen LogP contribution in [0.25, 0.3) is 11.0 Å². The second kappa shape index (κ2) is 5.16. The number of anilines is 2. The SMILES string of the molecule is CNc1nc(NCc2cccc(C)c2)c2cn[nH]c2n1. The van der Waals surface area contributed by atoms with Crippen LogP contribution in [-0.4, -0.2) is 27.2 Å². The van der Waals surface area contributed by atoms with E-state index in [1.54, 1.807) is 13.2 Å². The van der Waals surface area contributed by atoms with Crippen molar-refractivity contribution in [3.63, 3.8) is 0 Å². The van der Waals surface area contributed by atoms with Crippen LogP contribution in [0.2, 0.25) is 0 Å². The van der Waals surface area contributed by atoms with Crippen LogP contribution in [0.4, 0.5) is 11.8 Å². The molecule has 1 aromatic carbocycles. The second-order valence-electron chi connectivity index (χ2n) is 4.62. The van der Waals surface area contributed by atoms with Gasteiger partial charge in [0.05, 0.1) is 11.6 Å². The van der Waals surface area contributed by atoms with Gasteiger partial charge in [0, 0.05) is 13.6 Å². The van der Waals surface area contributed by atoms with Gasteiger partial charge < -0.3 is 10.6 Å². The summed E-state index contributed by atoms with van der Waals surface area (Å²) in [5.74, 6) is 1.34. The van der Waals surface area contributed by atoms with Crippen LogP contribution in [-0.2, 0) is 6.54 Å². The predicted molar refractivity (Wildman–Crippen MR) is 79.7 cm³/mol. The first-order valence-electron chi connectivity index (χ1n) is 6.44. The molecular weight excluding hydrogens is 252 g/mol. The fraction of sp³-hybridized carbons (Fsp3) is 0.214. The Morgan fingerprint density at radius 2 is 2.15 bits per heavy atom. The highest BCUT2D eigenvalue weighted by atomic mass is 15.2. The monoisotopic (exact) mass is 268 g/mol. The summed E-state index contributed by atoms with van der Waals surface area (Å²) in [7, 11) is 1.79. The zero-order valence-corrected chi connectivity index (χ0v) is 11.4. The molecule has 0 aliphatic carbocycles. The van der Waals surface area contributed by atoms with Crippen molar-refractivity contribution >= 4 is 22.8 Å². The molecule has 0 unspecified atom stereocenters. The first-order valence-corrected chi connectivity index (χ1v) is 6.44. The lowest BCUT2D eigenvalue weighted by Crippen LogP contribution is -2.05. The fourth-order valence-corrected chi connectivity index (χ4v) is 2.09. The maximum absolute atomic E-state index is 4.44. The molecule has 0 atom stereocenters. The summed E-state index contributed by atoms with van der Waals surface area (Å²) in [4.78, 5) is 8.74. The Balaban J connectivity index is 1.88. The third kappa shape index (κ3) is 2.40. The van der Waals surface area contributed by atoms with E-state index in [1.165, 1.54) is 11.1 Å². The standard InChI is InChI=1S/C14H16N6/c1-9-4-3-5-10(6-9)7-16-12-11-8-17-20-13(11)19-14(15-2)18-12/h3-6,8H,7H2,1-2H3,(H3,15,16,17,18,19,20). The molecule has 0 saturated heterocycles. The lowest BCUT2D eigenvalue weighted by molar-refractivity contribution is 1.08. The van der Waals surface area contributed by atoms with E-state index >= 15 is 0 Å². The molecule has 3 N–H and O–H groups in total. The smallest absolute Gasteiger partial charge is 0.226 e. The summed E-state index contributed by atoms with van der Waals surface area (Å²) >= 11 is 0. The van der Waals surface area contributed by atoms with E-state index < -0.39 is 0 Å². The third-order valence-electron chi connectivity index (χ3n) is 3.08. The zero-order valence-electron chi connectivity index (χ0n) is 11.4. The zero-order chi connectivity index (χ0) is 13.9. The molecule has 0 bridgehead atoms. The number of rotatable bonds is 4. The molecular formula is C14H16N6. The molecule has 2 aromatic heterocycles. The summed E-state index contributed by atoms with van der Waals surface area (Å²) in [6.45, 7) is 2.80. The summed E-state index contributed by atoms with van der Waals surface area (Å²) in [5.41, 5.74) is 3.18. The third-order valence-corrected chi connectivity index (χ3v) is 3.08. The van der Waals surface area contributed by atoms with Gasteiger partial charge in [-0.3, -0.25) is 5.10 Å². The van der Waals surface area contributed by atoms with E-state index in [-0.39, 0.29) is 0 Å². The molecule has 0 saturated carbocycles. The van der Waals surface area contributed by atoms with E-state index in [4.69, 9.17) is 0 Å². The number of fused-ring (bicyclic) bond motifs is 1. The Morgan fingerprint density at radius 3 is 2.95 bits per heavy atom. The minimum atomic E-state index is 0.563. The van der Waals surface area contributed by atoms with Crippen LogP contribution in [0, 0.1) is 6.92 Å². The number of H-pyrrole nitrogens is 1. The second-order valence-corrected chi connectivity index (χ2v) is 4.62. The van der Waals surface area contributed by atoms with Gasteiger partial charge in [0.25, 0.3) is 0 Å². The topological polar surface area (TPSA) is 78.5 Å². The molecule has 0 amide bonds. The van der Waals surface area contributed by atoms with E-state index in [0.29, 0.717) is 12.5 Å². The van der Waals surface area contributed by atoms with Gasteiger partial charge in [0.1, 0.15) is 5.82 Å². The minimum Gasteiger partial charge on any atom is -0.365 e. The van der Waals surface area contributed by atoms with Gasteiger partial charge in [-0.2, -0.15) is 15.1 Å². The fourth-order valence-electron chi connectivity index (χ4n) is 2.09. The summed E-state index contributed by atoms with van der Waals surface area (Å²) in [6.07, 6.45) is 1.73. The van der Waals surface area contributed by atoms with Gasteiger partial charge in [-0.05, 0) is 12.5 Å². The van der Waals surface area contributed by atoms with Crippen LogP contribution < -0.4 is 10.6 Å². The molecule has 102 valence electrons. The van der Waals surface area contributed by atoms with Crippen molar-refractivity contribution in [3.05, 3.63) is 41.6 Å². The molecule has 0 aliphatic rings. The molecule has 3 rings (SSSR count). The Bertz CT molecular complexity index is 733. The van der Waals surface area contributed by atoms with Crippen molar-refractivity contribution in [1.82, 2.24) is 20.2 Å². The quantitative estimate of drug-likeness (QED) is 0.676. The Labute approximate surface area is 116 Å². The normalized spacial score (nSPS) is 10.7. The highest BCUT2D eigenvalue weighted by Crippen LogP contribution is 2.20. The molecule has 2 heterocycles. The largest absolute Gasteiger partial charge is 0.365 e. The van der Waals surface area contributed by atoms with Gasteiger partial charge in [-0.1, -0.05) is 29.8 Å². The van der Waals surface area contributed by atoms with Gasteiger partial charge in [-0.15, -0.1) is 0 Å². The first kappa shape index (κ1) is 12.4. The maximum Gasteiger partial charge on any atom is 0.226 e. The van der Waals surface area contributed by atoms with Gasteiger partial charge >= 0.3 is 0 Å². The number of aromatic amines is 1. The Hall–Kier alpha value is -2.63. The first-order chi connectivity index (χ1) is 9.76. The van der Waals surface area contributed by atoms with E-state index in [2.05, 4.69) is 62.0 Å². The van der Waals surface area contributed by atoms with E-state index in [0.717, 1.165) is 16.9 Å². The molecule has 3 aromatic rings. The number of hydrogen-bond donors (Lipinski definition) is 3. The van der Waals surface area contributed by atoms with E-state index in [1.807, 2.05) is 0 Å². The molecule has 0 radical (unpaired) electrons. The summed E-state index contributed by atoms with van der Waals surface area (Å²) in [6, 6.07) is 8.38. The summed E-state index contributed by atoms with van der Waals surface area (Å²) < 4.78 is 0. The number of nitrogens with zero attached hydrogens (tertiary/aromatic N) is 3. The number of aromatic nitrogens is 4. The van der Waals surface area contributed by atoms with Crippen molar-refractivity contribution in [2.24, 2.45) is 0 Å². The van der Waals surface area contributed by atoms with E-state index in [9.17, 15) is 0 Å². The van der Waals surface area contributed by atoms with Crippen molar-refractivity contribution in [2.75, 3.05) is 17.7 Å². The Morgan fingerprint density at radius 1 is 1.25 bits per heavy atom. The van der Waals surface area contributed by atoms with Crippen LogP contribution in [0.15, 0.2) is 30.5 Å². The average molecular weight is 268 g/mol. The van der Waals surface area contributed by atoms with Gasteiger partial charge in [0.2, 0.25) is 5.95 Å². The van der Waals surface area contributed by atoms with Crippen molar-refractivity contribution in [2.45, 2.75) is 13.5 Å². The molecule has 6 heteroatoms. The summed E-state index contributed by atoms with van der Waals surface area (Å²) in [5, 5.41) is 14.0. The van der Waals surface area contributed by atoms with Gasteiger partial charge in [-0.25, -0.2) is 0 Å². The average Bonchev–Trinajstić information content (AvgIpc) is 2.93. The molecule has 20 heavy (non-hydrogen) atoms. The molecule has 0 aliphatic heterocycles. The minimum absolute atomic E-state index is 0.563. The Kier molecular flexibility index (Phi) is 3.20. The van der Waals surface area contributed by atoms with Crippen LogP contribution >= 0.6 is 0 Å². The van der Waals surface area contributed by atoms with Crippen LogP contribution in [0.1, 0.15) is 11.1 Å². The number of hydrogen-bond acceptors (Lipinski definition) is 5. The number of benzene rings is 1. The predicted octanol–water partition coefficient (Wildman–Crippen LogP) is 2.32. The van der Waals surface area contributed by atoms with Gasteiger partial charge in [0.15, 0.2) is 5.65 Å². The van der Waals surface area contributed by atoms with Crippen molar-refractivity contribution in [1.29, 1.82) is 0 Å². The van der Waals surface area contributed by atoms with Crippen molar-refractivity contribution < 1.29 is 0 Å². The van der Waals surface area contributed by atoms with Crippen molar-refractivity contribution in [3.8, 4) is 0 Å². The highest BCUT2D eigenvalue weighted by molar-refractivity contribution is 5.86. The van der Waals surface area contributed by atoms with Crippen LogP contribution in [0.3, 0.4) is 0 Å².